The minimum absolute atomic E-state index is 0.507. The fourth-order valence-corrected chi connectivity index (χ4v) is 2.36. The summed E-state index contributed by atoms with van der Waals surface area (Å²) in [6.45, 7) is 17.8. The standard InChI is InChI=1S/C13H25N/c1-7-10(2)8-14-9-11-12(3,4)13(11,5)6/h11,14H,2,7-9H2,1,3-6H3. The number of hydrogen-bond acceptors (Lipinski definition) is 1. The quantitative estimate of drug-likeness (QED) is 0.664. The molecule has 1 N–H and O–H groups in total. The number of rotatable bonds is 5. The first-order chi connectivity index (χ1) is 6.34. The monoisotopic (exact) mass is 195 g/mol. The van der Waals surface area contributed by atoms with Crippen molar-refractivity contribution >= 4 is 0 Å². The van der Waals surface area contributed by atoms with Crippen molar-refractivity contribution in [2.24, 2.45) is 16.7 Å². The van der Waals surface area contributed by atoms with Gasteiger partial charge in [0.2, 0.25) is 0 Å². The maximum Gasteiger partial charge on any atom is 0.0161 e. The molecule has 1 aliphatic rings. The summed E-state index contributed by atoms with van der Waals surface area (Å²) >= 11 is 0. The van der Waals surface area contributed by atoms with Crippen molar-refractivity contribution in [1.29, 1.82) is 0 Å². The zero-order valence-corrected chi connectivity index (χ0v) is 10.4. The SMILES string of the molecule is C=C(CC)CNCC1C(C)(C)C1(C)C. The summed E-state index contributed by atoms with van der Waals surface area (Å²) in [5.74, 6) is 0.819. The third kappa shape index (κ3) is 1.88. The van der Waals surface area contributed by atoms with Gasteiger partial charge in [-0.15, -0.1) is 0 Å². The van der Waals surface area contributed by atoms with Gasteiger partial charge in [-0.2, -0.15) is 0 Å². The second kappa shape index (κ2) is 3.69. The Balaban J connectivity index is 2.26. The molecule has 0 aliphatic heterocycles. The molecule has 0 unspecified atom stereocenters. The third-order valence-corrected chi connectivity index (χ3v) is 4.54. The predicted molar refractivity (Wildman–Crippen MR) is 63.4 cm³/mol. The minimum atomic E-state index is 0.507. The van der Waals surface area contributed by atoms with E-state index in [4.69, 9.17) is 0 Å². The molecule has 1 nitrogen and oxygen atoms in total. The van der Waals surface area contributed by atoms with Crippen molar-refractivity contribution < 1.29 is 0 Å². The highest BCUT2D eigenvalue weighted by molar-refractivity contribution is 5.13. The second-order valence-electron chi connectivity index (χ2n) is 5.73. The molecule has 0 aromatic rings. The summed E-state index contributed by atoms with van der Waals surface area (Å²) in [7, 11) is 0. The van der Waals surface area contributed by atoms with Gasteiger partial charge in [0.05, 0.1) is 0 Å². The Kier molecular flexibility index (Phi) is 3.10. The average molecular weight is 195 g/mol. The average Bonchev–Trinajstić information content (AvgIpc) is 2.47. The summed E-state index contributed by atoms with van der Waals surface area (Å²) in [5, 5.41) is 3.51. The fraction of sp³-hybridized carbons (Fsp3) is 0.846. The Morgan fingerprint density at radius 1 is 1.21 bits per heavy atom. The normalized spacial score (nSPS) is 23.5. The molecule has 0 saturated heterocycles. The van der Waals surface area contributed by atoms with Crippen LogP contribution in [0.1, 0.15) is 41.0 Å². The lowest BCUT2D eigenvalue weighted by Gasteiger charge is -2.06. The van der Waals surface area contributed by atoms with Crippen LogP contribution in [0.25, 0.3) is 0 Å². The van der Waals surface area contributed by atoms with Gasteiger partial charge in [-0.3, -0.25) is 0 Å². The Morgan fingerprint density at radius 3 is 2.07 bits per heavy atom. The Labute approximate surface area is 89.0 Å². The number of hydrogen-bond donors (Lipinski definition) is 1. The fourth-order valence-electron chi connectivity index (χ4n) is 2.36. The van der Waals surface area contributed by atoms with Crippen molar-refractivity contribution in [1.82, 2.24) is 5.32 Å². The molecule has 0 atom stereocenters. The lowest BCUT2D eigenvalue weighted by atomic mass is 10.0. The number of nitrogens with one attached hydrogen (secondary N) is 1. The van der Waals surface area contributed by atoms with E-state index in [1.165, 1.54) is 5.57 Å². The third-order valence-electron chi connectivity index (χ3n) is 4.54. The molecule has 1 aliphatic carbocycles. The van der Waals surface area contributed by atoms with Gasteiger partial charge < -0.3 is 5.32 Å². The molecule has 0 aromatic carbocycles. The van der Waals surface area contributed by atoms with Crippen LogP contribution in [0.15, 0.2) is 12.2 Å². The first-order valence-electron chi connectivity index (χ1n) is 5.71. The molecule has 0 spiro atoms. The molecule has 1 heteroatoms. The predicted octanol–water partition coefficient (Wildman–Crippen LogP) is 3.22. The first-order valence-corrected chi connectivity index (χ1v) is 5.71. The molecule has 1 fully saturated rings. The molecular formula is C13H25N. The largest absolute Gasteiger partial charge is 0.313 e. The lowest BCUT2D eigenvalue weighted by Crippen LogP contribution is -2.21. The van der Waals surface area contributed by atoms with Crippen molar-refractivity contribution in [3.8, 4) is 0 Å². The van der Waals surface area contributed by atoms with Gasteiger partial charge in [0.1, 0.15) is 0 Å². The van der Waals surface area contributed by atoms with Gasteiger partial charge in [-0.05, 0) is 29.7 Å². The van der Waals surface area contributed by atoms with Crippen molar-refractivity contribution in [3.63, 3.8) is 0 Å². The second-order valence-corrected chi connectivity index (χ2v) is 5.73. The highest BCUT2D eigenvalue weighted by Gasteiger charge is 2.63. The van der Waals surface area contributed by atoms with E-state index in [-0.39, 0.29) is 0 Å². The smallest absolute Gasteiger partial charge is 0.0161 e. The first kappa shape index (κ1) is 11.8. The van der Waals surface area contributed by atoms with Gasteiger partial charge in [0.15, 0.2) is 0 Å². The zero-order chi connectivity index (χ0) is 11.0. The van der Waals surface area contributed by atoms with E-state index < -0.39 is 0 Å². The Bertz CT molecular complexity index is 211. The lowest BCUT2D eigenvalue weighted by molar-refractivity contribution is 0.457. The highest BCUT2D eigenvalue weighted by Crippen LogP contribution is 2.67. The molecule has 0 amide bonds. The topological polar surface area (TPSA) is 12.0 Å². The van der Waals surface area contributed by atoms with Crippen LogP contribution in [0, 0.1) is 16.7 Å². The molecule has 1 rings (SSSR count). The van der Waals surface area contributed by atoms with E-state index >= 15 is 0 Å². The Morgan fingerprint density at radius 2 is 1.71 bits per heavy atom. The van der Waals surface area contributed by atoms with E-state index in [0.29, 0.717) is 10.8 Å². The van der Waals surface area contributed by atoms with Crippen LogP contribution in [0.3, 0.4) is 0 Å². The van der Waals surface area contributed by atoms with E-state index in [1.807, 2.05) is 0 Å². The maximum absolute atomic E-state index is 4.00. The molecule has 1 saturated carbocycles. The highest BCUT2D eigenvalue weighted by atomic mass is 14.9. The summed E-state index contributed by atoms with van der Waals surface area (Å²) in [6, 6.07) is 0. The summed E-state index contributed by atoms with van der Waals surface area (Å²) in [6.07, 6.45) is 1.09. The van der Waals surface area contributed by atoms with E-state index in [1.54, 1.807) is 0 Å². The summed E-state index contributed by atoms with van der Waals surface area (Å²) in [5.41, 5.74) is 2.32. The van der Waals surface area contributed by atoms with Crippen LogP contribution in [0.4, 0.5) is 0 Å². The molecular weight excluding hydrogens is 170 g/mol. The van der Waals surface area contributed by atoms with Gasteiger partial charge in [-0.1, -0.05) is 46.8 Å². The van der Waals surface area contributed by atoms with Gasteiger partial charge >= 0.3 is 0 Å². The van der Waals surface area contributed by atoms with Crippen LogP contribution in [-0.4, -0.2) is 13.1 Å². The molecule has 82 valence electrons. The van der Waals surface area contributed by atoms with E-state index in [2.05, 4.69) is 46.5 Å². The molecule has 0 aromatic heterocycles. The maximum atomic E-state index is 4.00. The van der Waals surface area contributed by atoms with Crippen LogP contribution in [0.2, 0.25) is 0 Å². The van der Waals surface area contributed by atoms with Crippen LogP contribution < -0.4 is 5.32 Å². The van der Waals surface area contributed by atoms with Gasteiger partial charge in [-0.25, -0.2) is 0 Å². The van der Waals surface area contributed by atoms with Gasteiger partial charge in [0.25, 0.3) is 0 Å². The van der Waals surface area contributed by atoms with E-state index in [9.17, 15) is 0 Å². The summed E-state index contributed by atoms with van der Waals surface area (Å²) < 4.78 is 0. The van der Waals surface area contributed by atoms with E-state index in [0.717, 1.165) is 25.4 Å². The zero-order valence-electron chi connectivity index (χ0n) is 10.4. The minimum Gasteiger partial charge on any atom is -0.313 e. The Hall–Kier alpha value is -0.300. The molecule has 0 radical (unpaired) electrons. The van der Waals surface area contributed by atoms with Crippen LogP contribution >= 0.6 is 0 Å². The molecule has 14 heavy (non-hydrogen) atoms. The molecule has 0 bridgehead atoms. The molecule has 0 heterocycles. The van der Waals surface area contributed by atoms with Gasteiger partial charge in [0, 0.05) is 6.54 Å². The van der Waals surface area contributed by atoms with Crippen LogP contribution in [-0.2, 0) is 0 Å². The van der Waals surface area contributed by atoms with Crippen LogP contribution in [0.5, 0.6) is 0 Å². The van der Waals surface area contributed by atoms with Crippen molar-refractivity contribution in [2.45, 2.75) is 41.0 Å². The van der Waals surface area contributed by atoms with Crippen molar-refractivity contribution in [2.75, 3.05) is 13.1 Å². The summed E-state index contributed by atoms with van der Waals surface area (Å²) in [4.78, 5) is 0. The van der Waals surface area contributed by atoms with Crippen molar-refractivity contribution in [3.05, 3.63) is 12.2 Å².